The first kappa shape index (κ1) is 38.6. The molecular formula is C14H34N2O8S. The molecule has 0 atom stereocenters. The number of carboxylic acid groups (broad SMARTS) is 4. The van der Waals surface area contributed by atoms with Crippen molar-refractivity contribution in [1.29, 1.82) is 0 Å². The predicted octanol–water partition coefficient (Wildman–Crippen LogP) is 1.03. The molecule has 0 bridgehead atoms. The van der Waals surface area contributed by atoms with E-state index in [0.29, 0.717) is 13.1 Å². The summed E-state index contributed by atoms with van der Waals surface area (Å²) in [5, 5.41) is 29.7. The van der Waals surface area contributed by atoms with Crippen LogP contribution in [-0.2, 0) is 19.2 Å². The molecule has 0 fully saturated rings. The van der Waals surface area contributed by atoms with Gasteiger partial charge in [0.25, 0.3) is 23.9 Å². The van der Waals surface area contributed by atoms with Crippen LogP contribution in [0.1, 0.15) is 41.5 Å². The molecule has 0 aromatic heterocycles. The van der Waals surface area contributed by atoms with Gasteiger partial charge in [-0.1, -0.05) is 13.8 Å². The summed E-state index contributed by atoms with van der Waals surface area (Å²) in [6, 6.07) is 0. The molecule has 11 heteroatoms. The molecule has 0 heterocycles. The van der Waals surface area contributed by atoms with Crippen molar-refractivity contribution in [2.75, 3.05) is 24.6 Å². The second kappa shape index (κ2) is 43.2. The van der Waals surface area contributed by atoms with Crippen molar-refractivity contribution in [3.05, 3.63) is 0 Å². The normalized spacial score (nSPS) is 6.88. The van der Waals surface area contributed by atoms with Gasteiger partial charge in [0.2, 0.25) is 0 Å². The first-order chi connectivity index (χ1) is 11.3. The molecule has 0 rings (SSSR count). The smallest absolute Gasteiger partial charge is 0.300 e. The Kier molecular flexibility index (Phi) is 66.7. The lowest BCUT2D eigenvalue weighted by Crippen LogP contribution is -2.11. The lowest BCUT2D eigenvalue weighted by atomic mass is 10.7. The van der Waals surface area contributed by atoms with Gasteiger partial charge >= 0.3 is 0 Å². The van der Waals surface area contributed by atoms with Gasteiger partial charge < -0.3 is 31.9 Å². The number of hydrogen-bond acceptors (Lipinski definition) is 7. The zero-order valence-electron chi connectivity index (χ0n) is 15.8. The van der Waals surface area contributed by atoms with Gasteiger partial charge in [-0.05, 0) is 11.5 Å². The lowest BCUT2D eigenvalue weighted by molar-refractivity contribution is -0.135. The summed E-state index contributed by atoms with van der Waals surface area (Å²) in [6.07, 6.45) is 0. The Bertz CT molecular complexity index is 235. The summed E-state index contributed by atoms with van der Waals surface area (Å²) < 4.78 is 0. The maximum atomic E-state index is 9.00. The van der Waals surface area contributed by atoms with Crippen LogP contribution in [0, 0.1) is 0 Å². The summed E-state index contributed by atoms with van der Waals surface area (Å²) in [7, 11) is 0. The highest BCUT2D eigenvalue weighted by molar-refractivity contribution is 7.99. The van der Waals surface area contributed by atoms with E-state index >= 15 is 0 Å². The highest BCUT2D eigenvalue weighted by Gasteiger charge is 1.67. The Labute approximate surface area is 153 Å². The molecule has 0 aliphatic carbocycles. The topological polar surface area (TPSA) is 201 Å². The molecule has 10 nitrogen and oxygen atoms in total. The predicted molar refractivity (Wildman–Crippen MR) is 100 cm³/mol. The SMILES string of the molecule is CC(=O)O.CC(=O)O.CC(=O)O.CC(=O)O.CCSCC.NCCN. The zero-order chi connectivity index (χ0) is 21.8. The van der Waals surface area contributed by atoms with Gasteiger partial charge in [-0.15, -0.1) is 0 Å². The maximum Gasteiger partial charge on any atom is 0.300 e. The summed E-state index contributed by atoms with van der Waals surface area (Å²) in [6.45, 7) is 9.88. The van der Waals surface area contributed by atoms with Gasteiger partial charge in [-0.3, -0.25) is 19.2 Å². The first-order valence-corrected chi connectivity index (χ1v) is 8.17. The van der Waals surface area contributed by atoms with Gasteiger partial charge in [0, 0.05) is 40.8 Å². The number of hydrogen-bond donors (Lipinski definition) is 6. The largest absolute Gasteiger partial charge is 0.481 e. The quantitative estimate of drug-likeness (QED) is 0.401. The van der Waals surface area contributed by atoms with Gasteiger partial charge in [0.15, 0.2) is 0 Å². The molecule has 154 valence electrons. The minimum Gasteiger partial charge on any atom is -0.481 e. The standard InChI is InChI=1S/C4H10S.C2H8N2.4C2H4O2/c1-3-5-4-2;3-1-2-4;4*1-2(3)4/h3-4H2,1-2H3;1-4H2;4*1H3,(H,3,4). The fourth-order valence-corrected chi connectivity index (χ4v) is 0.612. The monoisotopic (exact) mass is 390 g/mol. The van der Waals surface area contributed by atoms with Gasteiger partial charge in [-0.25, -0.2) is 0 Å². The van der Waals surface area contributed by atoms with E-state index in [4.69, 9.17) is 51.1 Å². The van der Waals surface area contributed by atoms with Crippen LogP contribution >= 0.6 is 11.8 Å². The van der Waals surface area contributed by atoms with E-state index in [-0.39, 0.29) is 0 Å². The van der Waals surface area contributed by atoms with Crippen LogP contribution in [0.2, 0.25) is 0 Å². The van der Waals surface area contributed by atoms with E-state index in [1.165, 1.54) is 11.5 Å². The number of thioether (sulfide) groups is 1. The van der Waals surface area contributed by atoms with E-state index in [9.17, 15) is 0 Å². The molecule has 0 aliphatic heterocycles. The molecule has 8 N–H and O–H groups in total. The fourth-order valence-electron chi connectivity index (χ4n) is 0.204. The van der Waals surface area contributed by atoms with Gasteiger partial charge in [0.1, 0.15) is 0 Å². The van der Waals surface area contributed by atoms with Gasteiger partial charge in [-0.2, -0.15) is 11.8 Å². The van der Waals surface area contributed by atoms with Crippen LogP contribution < -0.4 is 11.5 Å². The summed E-state index contributed by atoms with van der Waals surface area (Å²) in [5.74, 6) is -0.812. The number of aliphatic carboxylic acids is 4. The average Bonchev–Trinajstić information content (AvgIpc) is 2.37. The molecule has 0 saturated heterocycles. The molecular weight excluding hydrogens is 356 g/mol. The Morgan fingerprint density at radius 1 is 0.640 bits per heavy atom. The van der Waals surface area contributed by atoms with E-state index < -0.39 is 23.9 Å². The number of carboxylic acids is 4. The van der Waals surface area contributed by atoms with E-state index in [2.05, 4.69) is 13.8 Å². The molecule has 0 aliphatic rings. The van der Waals surface area contributed by atoms with Crippen LogP contribution in [0.3, 0.4) is 0 Å². The Morgan fingerprint density at radius 3 is 0.760 bits per heavy atom. The van der Waals surface area contributed by atoms with Crippen LogP contribution in [0.4, 0.5) is 0 Å². The molecule has 25 heavy (non-hydrogen) atoms. The minimum atomic E-state index is -0.833. The van der Waals surface area contributed by atoms with Crippen molar-refractivity contribution in [1.82, 2.24) is 0 Å². The Balaban J connectivity index is -0.0000000434. The van der Waals surface area contributed by atoms with Crippen LogP contribution in [0.5, 0.6) is 0 Å². The van der Waals surface area contributed by atoms with Crippen LogP contribution in [-0.4, -0.2) is 68.9 Å². The number of rotatable bonds is 3. The van der Waals surface area contributed by atoms with E-state index in [1.807, 2.05) is 11.8 Å². The minimum absolute atomic E-state index is 0.597. The van der Waals surface area contributed by atoms with Crippen molar-refractivity contribution in [2.45, 2.75) is 41.5 Å². The third-order valence-electron chi connectivity index (χ3n) is 0.575. The second-order valence-corrected chi connectivity index (χ2v) is 5.00. The number of nitrogens with two attached hydrogens (primary N) is 2. The van der Waals surface area contributed by atoms with Crippen molar-refractivity contribution >= 4 is 35.6 Å². The first-order valence-electron chi connectivity index (χ1n) is 7.02. The third-order valence-corrected chi connectivity index (χ3v) is 1.39. The Morgan fingerprint density at radius 2 is 0.760 bits per heavy atom. The molecule has 0 aromatic rings. The van der Waals surface area contributed by atoms with Gasteiger partial charge in [0.05, 0.1) is 0 Å². The third kappa shape index (κ3) is 6800. The average molecular weight is 390 g/mol. The van der Waals surface area contributed by atoms with E-state index in [0.717, 1.165) is 27.7 Å². The molecule has 0 spiro atoms. The van der Waals surface area contributed by atoms with E-state index in [1.54, 1.807) is 0 Å². The zero-order valence-corrected chi connectivity index (χ0v) is 16.6. The van der Waals surface area contributed by atoms with Crippen molar-refractivity contribution in [3.8, 4) is 0 Å². The summed E-state index contributed by atoms with van der Waals surface area (Å²) in [4.78, 5) is 36.0. The fraction of sp³-hybridized carbons (Fsp3) is 0.714. The van der Waals surface area contributed by atoms with Crippen LogP contribution in [0.25, 0.3) is 0 Å². The summed E-state index contributed by atoms with van der Waals surface area (Å²) in [5.41, 5.74) is 9.81. The number of carbonyl (C=O) groups is 4. The molecule has 0 amide bonds. The lowest BCUT2D eigenvalue weighted by Gasteiger charge is -1.80. The molecule has 0 saturated carbocycles. The summed E-state index contributed by atoms with van der Waals surface area (Å²) >= 11 is 1.96. The maximum absolute atomic E-state index is 9.00. The van der Waals surface area contributed by atoms with Crippen molar-refractivity contribution in [2.24, 2.45) is 11.5 Å². The highest BCUT2D eigenvalue weighted by Crippen LogP contribution is 1.93. The van der Waals surface area contributed by atoms with Crippen LogP contribution in [0.15, 0.2) is 0 Å². The van der Waals surface area contributed by atoms with Crippen molar-refractivity contribution in [3.63, 3.8) is 0 Å². The highest BCUT2D eigenvalue weighted by atomic mass is 32.2. The molecule has 0 aromatic carbocycles. The van der Waals surface area contributed by atoms with Crippen molar-refractivity contribution < 1.29 is 39.6 Å². The Hall–Kier alpha value is -1.85. The molecule has 0 radical (unpaired) electrons. The molecule has 0 unspecified atom stereocenters. The second-order valence-electron chi connectivity index (χ2n) is 3.43.